The van der Waals surface area contributed by atoms with Crippen molar-refractivity contribution < 1.29 is 9.84 Å². The fourth-order valence-electron chi connectivity index (χ4n) is 4.46. The summed E-state index contributed by atoms with van der Waals surface area (Å²) in [6.07, 6.45) is 9.38. The van der Waals surface area contributed by atoms with Crippen LogP contribution in [-0.4, -0.2) is 49.0 Å². The second-order valence-electron chi connectivity index (χ2n) is 7.32. The molecule has 3 aliphatic carbocycles. The van der Waals surface area contributed by atoms with E-state index >= 15 is 0 Å². The molecule has 5 nitrogen and oxygen atoms in total. The third kappa shape index (κ3) is 3.79. The molecule has 0 radical (unpaired) electrons. The summed E-state index contributed by atoms with van der Waals surface area (Å²) in [5, 5.41) is 17.4. The Morgan fingerprint density at radius 2 is 1.91 bits per heavy atom. The summed E-state index contributed by atoms with van der Waals surface area (Å²) in [4.78, 5) is 4.34. The van der Waals surface area contributed by atoms with E-state index in [4.69, 9.17) is 4.74 Å². The van der Waals surface area contributed by atoms with E-state index in [0.717, 1.165) is 44.7 Å². The highest BCUT2D eigenvalue weighted by atomic mass is 127. The quantitative estimate of drug-likeness (QED) is 0.351. The van der Waals surface area contributed by atoms with Crippen molar-refractivity contribution in [3.05, 3.63) is 0 Å². The van der Waals surface area contributed by atoms with Gasteiger partial charge in [-0.1, -0.05) is 19.3 Å². The van der Waals surface area contributed by atoms with Crippen molar-refractivity contribution >= 4 is 29.9 Å². The molecule has 2 atom stereocenters. The maximum atomic E-state index is 10.4. The minimum Gasteiger partial charge on any atom is -0.388 e. The lowest BCUT2D eigenvalue weighted by atomic mass is 9.51. The third-order valence-corrected chi connectivity index (χ3v) is 6.09. The van der Waals surface area contributed by atoms with Crippen LogP contribution in [0.25, 0.3) is 0 Å². The molecule has 2 unspecified atom stereocenters. The Kier molecular flexibility index (Phi) is 6.58. The number of hydrogen-bond donors (Lipinski definition) is 3. The lowest BCUT2D eigenvalue weighted by Crippen LogP contribution is -2.68. The highest BCUT2D eigenvalue weighted by molar-refractivity contribution is 14.0. The molecule has 3 rings (SSSR count). The maximum absolute atomic E-state index is 10.4. The molecule has 0 bridgehead atoms. The van der Waals surface area contributed by atoms with Gasteiger partial charge in [-0.25, -0.2) is 0 Å². The number of nitrogens with zero attached hydrogens (tertiary/aromatic N) is 1. The van der Waals surface area contributed by atoms with Crippen LogP contribution < -0.4 is 10.6 Å². The fourth-order valence-corrected chi connectivity index (χ4v) is 4.46. The first-order chi connectivity index (χ1) is 10.6. The van der Waals surface area contributed by atoms with E-state index < -0.39 is 5.60 Å². The average molecular weight is 437 g/mol. The molecule has 0 aliphatic heterocycles. The summed E-state index contributed by atoms with van der Waals surface area (Å²) in [5.41, 5.74) is -0.211. The summed E-state index contributed by atoms with van der Waals surface area (Å²) in [6, 6.07) is 0.460. The van der Waals surface area contributed by atoms with Crippen LogP contribution >= 0.6 is 24.0 Å². The summed E-state index contributed by atoms with van der Waals surface area (Å²) < 4.78 is 5.90. The van der Waals surface area contributed by atoms with E-state index in [0.29, 0.717) is 24.1 Å². The number of nitrogens with one attached hydrogen (secondary N) is 2. The van der Waals surface area contributed by atoms with Crippen LogP contribution in [0.3, 0.4) is 0 Å². The molecule has 1 spiro atoms. The van der Waals surface area contributed by atoms with Crippen LogP contribution in [0.4, 0.5) is 0 Å². The third-order valence-electron chi connectivity index (χ3n) is 6.09. The zero-order chi connectivity index (χ0) is 15.6. The molecular weight excluding hydrogens is 405 g/mol. The Hall–Kier alpha value is -0.0800. The van der Waals surface area contributed by atoms with Gasteiger partial charge >= 0.3 is 0 Å². The number of aliphatic imine (C=N–C) groups is 1. The molecular formula is C17H32IN3O2. The summed E-state index contributed by atoms with van der Waals surface area (Å²) in [7, 11) is 1.81. The van der Waals surface area contributed by atoms with Gasteiger partial charge in [-0.3, -0.25) is 4.99 Å². The largest absolute Gasteiger partial charge is 0.388 e. The number of halogens is 1. The minimum atomic E-state index is -0.542. The molecule has 0 aromatic carbocycles. The predicted octanol–water partition coefficient (Wildman–Crippen LogP) is 2.42. The lowest BCUT2D eigenvalue weighted by Gasteiger charge is -2.61. The van der Waals surface area contributed by atoms with Crippen molar-refractivity contribution in [3.63, 3.8) is 0 Å². The van der Waals surface area contributed by atoms with Crippen molar-refractivity contribution in [3.8, 4) is 0 Å². The van der Waals surface area contributed by atoms with Gasteiger partial charge in [0.15, 0.2) is 5.96 Å². The van der Waals surface area contributed by atoms with Gasteiger partial charge in [0.25, 0.3) is 0 Å². The number of guanidine groups is 1. The van der Waals surface area contributed by atoms with Crippen LogP contribution in [0.2, 0.25) is 0 Å². The Morgan fingerprint density at radius 1 is 1.22 bits per heavy atom. The Balaban J connectivity index is 0.00000192. The normalized spacial score (nSPS) is 31.0. The molecule has 0 saturated heterocycles. The SMILES string of the molecule is CCOC1CC(NC(=NC)NCC2(O)CCCC2)C12CCC2.I. The van der Waals surface area contributed by atoms with Gasteiger partial charge in [-0.15, -0.1) is 24.0 Å². The zero-order valence-corrected chi connectivity index (χ0v) is 16.8. The molecule has 6 heteroatoms. The highest BCUT2D eigenvalue weighted by Crippen LogP contribution is 2.57. The zero-order valence-electron chi connectivity index (χ0n) is 14.4. The van der Waals surface area contributed by atoms with Crippen LogP contribution in [0.5, 0.6) is 0 Å². The monoisotopic (exact) mass is 437 g/mol. The van der Waals surface area contributed by atoms with Crippen LogP contribution in [-0.2, 0) is 4.74 Å². The molecule has 3 fully saturated rings. The first-order valence-corrected chi connectivity index (χ1v) is 8.93. The number of ether oxygens (including phenoxy) is 1. The summed E-state index contributed by atoms with van der Waals surface area (Å²) >= 11 is 0. The second kappa shape index (κ2) is 7.87. The number of aliphatic hydroxyl groups is 1. The van der Waals surface area contributed by atoms with Gasteiger partial charge in [0.05, 0.1) is 11.7 Å². The number of rotatable bonds is 5. The molecule has 0 amide bonds. The smallest absolute Gasteiger partial charge is 0.191 e. The maximum Gasteiger partial charge on any atom is 0.191 e. The van der Waals surface area contributed by atoms with Gasteiger partial charge in [0.1, 0.15) is 0 Å². The molecule has 23 heavy (non-hydrogen) atoms. The van der Waals surface area contributed by atoms with E-state index in [-0.39, 0.29) is 24.0 Å². The Bertz CT molecular complexity index is 420. The van der Waals surface area contributed by atoms with Gasteiger partial charge in [0.2, 0.25) is 0 Å². The Morgan fingerprint density at radius 3 is 2.43 bits per heavy atom. The first kappa shape index (κ1) is 19.2. The van der Waals surface area contributed by atoms with Crippen molar-refractivity contribution in [1.82, 2.24) is 10.6 Å². The van der Waals surface area contributed by atoms with Gasteiger partial charge in [-0.05, 0) is 39.0 Å². The van der Waals surface area contributed by atoms with Gasteiger partial charge in [0, 0.05) is 31.7 Å². The standard InChI is InChI=1S/C17H31N3O2.HI/c1-3-22-14-11-13(17(14)9-6-10-17)20-15(18-2)19-12-16(21)7-4-5-8-16;/h13-14,21H,3-12H2,1-2H3,(H2,18,19,20);1H. The van der Waals surface area contributed by atoms with E-state index in [1.165, 1.54) is 19.3 Å². The number of hydrogen-bond acceptors (Lipinski definition) is 3. The van der Waals surface area contributed by atoms with Crippen LogP contribution in [0, 0.1) is 5.41 Å². The summed E-state index contributed by atoms with van der Waals surface area (Å²) in [5.74, 6) is 0.826. The fraction of sp³-hybridized carbons (Fsp3) is 0.941. The molecule has 3 aliphatic rings. The first-order valence-electron chi connectivity index (χ1n) is 8.93. The van der Waals surface area contributed by atoms with E-state index in [2.05, 4.69) is 22.5 Å². The Labute approximate surface area is 157 Å². The summed E-state index contributed by atoms with van der Waals surface area (Å²) in [6.45, 7) is 3.48. The van der Waals surface area contributed by atoms with Crippen LogP contribution in [0.15, 0.2) is 4.99 Å². The van der Waals surface area contributed by atoms with Gasteiger partial charge < -0.3 is 20.5 Å². The average Bonchev–Trinajstić information content (AvgIpc) is 2.86. The molecule has 3 N–H and O–H groups in total. The van der Waals surface area contributed by atoms with E-state index in [9.17, 15) is 5.11 Å². The molecule has 0 heterocycles. The van der Waals surface area contributed by atoms with E-state index in [1.54, 1.807) is 7.05 Å². The van der Waals surface area contributed by atoms with Crippen LogP contribution in [0.1, 0.15) is 58.3 Å². The van der Waals surface area contributed by atoms with E-state index in [1.807, 2.05) is 0 Å². The highest BCUT2D eigenvalue weighted by Gasteiger charge is 2.59. The predicted molar refractivity (Wildman–Crippen MR) is 103 cm³/mol. The van der Waals surface area contributed by atoms with Crippen molar-refractivity contribution in [1.29, 1.82) is 0 Å². The second-order valence-corrected chi connectivity index (χ2v) is 7.32. The molecule has 134 valence electrons. The lowest BCUT2D eigenvalue weighted by molar-refractivity contribution is -0.168. The molecule has 0 aromatic rings. The van der Waals surface area contributed by atoms with Crippen molar-refractivity contribution in [2.45, 2.75) is 76.0 Å². The van der Waals surface area contributed by atoms with Crippen molar-refractivity contribution in [2.24, 2.45) is 10.4 Å². The molecule has 3 saturated carbocycles. The van der Waals surface area contributed by atoms with Gasteiger partial charge in [-0.2, -0.15) is 0 Å². The minimum absolute atomic E-state index is 0. The van der Waals surface area contributed by atoms with Crippen molar-refractivity contribution in [2.75, 3.05) is 20.2 Å². The molecule has 0 aromatic heterocycles. The topological polar surface area (TPSA) is 65.9 Å².